The first kappa shape index (κ1) is 23.8. The maximum Gasteiger partial charge on any atom is 0.340 e. The smallest absolute Gasteiger partial charge is 0.340 e. The lowest BCUT2D eigenvalue weighted by atomic mass is 10.0. The van der Waals surface area contributed by atoms with Crippen molar-refractivity contribution in [3.05, 3.63) is 70.9 Å². The highest BCUT2D eigenvalue weighted by atomic mass is 32.2. The Kier molecular flexibility index (Phi) is 6.95. The molecule has 0 atom stereocenters. The van der Waals surface area contributed by atoms with E-state index in [1.54, 1.807) is 25.1 Å². The average molecular weight is 483 g/mol. The molecule has 8 nitrogen and oxygen atoms in total. The molecule has 2 heterocycles. The fraction of sp³-hybridized carbons (Fsp3) is 0.320. The minimum Gasteiger partial charge on any atom is -0.465 e. The van der Waals surface area contributed by atoms with Gasteiger partial charge in [-0.1, -0.05) is 36.8 Å². The molecule has 1 saturated heterocycles. The Hall–Kier alpha value is -3.30. The van der Waals surface area contributed by atoms with Crippen LogP contribution in [-0.2, 0) is 26.1 Å². The molecule has 0 amide bonds. The van der Waals surface area contributed by atoms with Gasteiger partial charge < -0.3 is 9.47 Å². The predicted molar refractivity (Wildman–Crippen MR) is 126 cm³/mol. The second-order valence-corrected chi connectivity index (χ2v) is 10.0. The summed E-state index contributed by atoms with van der Waals surface area (Å²) >= 11 is 0. The van der Waals surface area contributed by atoms with Crippen LogP contribution < -0.4 is 0 Å². The molecule has 0 saturated carbocycles. The Morgan fingerprint density at radius 1 is 0.971 bits per heavy atom. The quantitative estimate of drug-likeness (QED) is 0.492. The summed E-state index contributed by atoms with van der Waals surface area (Å²) < 4.78 is 38.2. The minimum absolute atomic E-state index is 0.0507. The van der Waals surface area contributed by atoms with Gasteiger partial charge in [-0.15, -0.1) is 0 Å². The Morgan fingerprint density at radius 3 is 2.38 bits per heavy atom. The molecular weight excluding hydrogens is 456 g/mol. The summed E-state index contributed by atoms with van der Waals surface area (Å²) in [6.45, 7) is 2.32. The molecule has 1 aliphatic heterocycles. The molecule has 178 valence electrons. The molecule has 0 unspecified atom stereocenters. The first-order valence-corrected chi connectivity index (χ1v) is 12.5. The number of piperidine rings is 1. The highest BCUT2D eigenvalue weighted by molar-refractivity contribution is 7.89. The van der Waals surface area contributed by atoms with Crippen molar-refractivity contribution in [2.45, 2.75) is 37.7 Å². The van der Waals surface area contributed by atoms with Gasteiger partial charge in [0.2, 0.25) is 10.0 Å². The zero-order valence-electron chi connectivity index (χ0n) is 19.1. The number of carbonyl (C=O) groups excluding carboxylic acids is 2. The molecule has 0 bridgehead atoms. The van der Waals surface area contributed by atoms with Crippen molar-refractivity contribution >= 4 is 32.9 Å². The summed E-state index contributed by atoms with van der Waals surface area (Å²) in [7, 11) is -2.57. The van der Waals surface area contributed by atoms with Crippen molar-refractivity contribution < 1.29 is 27.5 Å². The summed E-state index contributed by atoms with van der Waals surface area (Å²) in [6, 6.07) is 13.3. The monoisotopic (exact) mass is 482 g/mol. The van der Waals surface area contributed by atoms with E-state index in [1.807, 2.05) is 18.2 Å². The van der Waals surface area contributed by atoms with Gasteiger partial charge in [0.05, 0.1) is 34.3 Å². The molecule has 0 aliphatic carbocycles. The number of carbonyl (C=O) groups is 2. The number of pyridine rings is 1. The maximum atomic E-state index is 13.2. The van der Waals surface area contributed by atoms with Crippen LogP contribution in [0.1, 0.15) is 51.2 Å². The highest BCUT2D eigenvalue weighted by Gasteiger charge is 2.30. The van der Waals surface area contributed by atoms with Crippen LogP contribution in [0.25, 0.3) is 10.9 Å². The largest absolute Gasteiger partial charge is 0.465 e. The molecule has 1 fully saturated rings. The fourth-order valence-electron chi connectivity index (χ4n) is 4.23. The van der Waals surface area contributed by atoms with Crippen LogP contribution in [0, 0.1) is 6.92 Å². The van der Waals surface area contributed by atoms with Gasteiger partial charge in [-0.3, -0.25) is 0 Å². The SMILES string of the molecule is COC(=O)c1c(COC(=O)c2ccccc2S(=O)(=O)N2CCCCC2)nc2ccccc2c1C. The zero-order chi connectivity index (χ0) is 24.3. The number of esters is 2. The molecule has 0 spiro atoms. The third kappa shape index (κ3) is 4.53. The zero-order valence-corrected chi connectivity index (χ0v) is 19.9. The summed E-state index contributed by atoms with van der Waals surface area (Å²) in [5.74, 6) is -1.39. The summed E-state index contributed by atoms with van der Waals surface area (Å²) in [6.07, 6.45) is 2.56. The minimum atomic E-state index is -3.84. The van der Waals surface area contributed by atoms with E-state index in [0.29, 0.717) is 24.2 Å². The van der Waals surface area contributed by atoms with E-state index in [1.165, 1.54) is 23.5 Å². The summed E-state index contributed by atoms with van der Waals surface area (Å²) in [5.41, 5.74) is 1.73. The number of rotatable bonds is 6. The van der Waals surface area contributed by atoms with E-state index in [-0.39, 0.29) is 28.3 Å². The van der Waals surface area contributed by atoms with Crippen LogP contribution in [0.4, 0.5) is 0 Å². The third-order valence-corrected chi connectivity index (χ3v) is 7.95. The normalized spacial score (nSPS) is 14.6. The van der Waals surface area contributed by atoms with Crippen LogP contribution in [0.3, 0.4) is 0 Å². The number of hydrogen-bond donors (Lipinski definition) is 0. The predicted octanol–water partition coefficient (Wildman–Crippen LogP) is 3.86. The van der Waals surface area contributed by atoms with E-state index >= 15 is 0 Å². The van der Waals surface area contributed by atoms with E-state index in [2.05, 4.69) is 4.98 Å². The number of benzene rings is 2. The van der Waals surface area contributed by atoms with E-state index in [0.717, 1.165) is 24.6 Å². The standard InChI is InChI=1S/C25H26N2O6S/c1-17-18-10-4-6-12-20(18)26-21(23(17)25(29)32-2)16-33-24(28)19-11-5-7-13-22(19)34(30,31)27-14-8-3-9-15-27/h4-7,10-13H,3,8-9,14-16H2,1-2H3. The molecule has 0 radical (unpaired) electrons. The molecule has 34 heavy (non-hydrogen) atoms. The average Bonchev–Trinajstić information content (AvgIpc) is 2.87. The summed E-state index contributed by atoms with van der Waals surface area (Å²) in [5, 5.41) is 0.788. The van der Waals surface area contributed by atoms with Gasteiger partial charge in [0.1, 0.15) is 6.61 Å². The summed E-state index contributed by atoms with van der Waals surface area (Å²) in [4.78, 5) is 29.9. The van der Waals surface area contributed by atoms with Crippen molar-refractivity contribution in [3.63, 3.8) is 0 Å². The van der Waals surface area contributed by atoms with Gasteiger partial charge in [-0.2, -0.15) is 4.31 Å². The number of sulfonamides is 1. The number of aromatic nitrogens is 1. The lowest BCUT2D eigenvalue weighted by Crippen LogP contribution is -2.36. The topological polar surface area (TPSA) is 103 Å². The van der Waals surface area contributed by atoms with Gasteiger partial charge in [-0.25, -0.2) is 23.0 Å². The second-order valence-electron chi connectivity index (χ2n) is 8.10. The Balaban J connectivity index is 1.65. The number of para-hydroxylation sites is 1. The second kappa shape index (κ2) is 9.90. The van der Waals surface area contributed by atoms with Crippen molar-refractivity contribution in [1.82, 2.24) is 9.29 Å². The van der Waals surface area contributed by atoms with E-state index < -0.39 is 22.0 Å². The molecule has 3 aromatic rings. The molecule has 2 aromatic carbocycles. The Bertz CT molecular complexity index is 1350. The van der Waals surface area contributed by atoms with Crippen LogP contribution in [0.5, 0.6) is 0 Å². The molecule has 4 rings (SSSR count). The molecule has 9 heteroatoms. The lowest BCUT2D eigenvalue weighted by molar-refractivity contribution is 0.0451. The highest BCUT2D eigenvalue weighted by Crippen LogP contribution is 2.26. The first-order valence-electron chi connectivity index (χ1n) is 11.1. The lowest BCUT2D eigenvalue weighted by Gasteiger charge is -2.26. The third-order valence-electron chi connectivity index (χ3n) is 6.00. The van der Waals surface area contributed by atoms with Crippen molar-refractivity contribution in [2.24, 2.45) is 0 Å². The van der Waals surface area contributed by atoms with Gasteiger partial charge in [0, 0.05) is 18.5 Å². The van der Waals surface area contributed by atoms with Gasteiger partial charge in [-0.05, 0) is 43.5 Å². The first-order chi connectivity index (χ1) is 16.3. The van der Waals surface area contributed by atoms with Crippen LogP contribution in [0.2, 0.25) is 0 Å². The number of methoxy groups -OCH3 is 1. The Labute approximate surface area is 198 Å². The van der Waals surface area contributed by atoms with Crippen LogP contribution in [-0.4, -0.2) is 49.8 Å². The van der Waals surface area contributed by atoms with E-state index in [9.17, 15) is 18.0 Å². The number of aryl methyl sites for hydroxylation is 1. The number of ether oxygens (including phenoxy) is 2. The number of fused-ring (bicyclic) bond motifs is 1. The van der Waals surface area contributed by atoms with E-state index in [4.69, 9.17) is 9.47 Å². The van der Waals surface area contributed by atoms with Crippen molar-refractivity contribution in [2.75, 3.05) is 20.2 Å². The van der Waals surface area contributed by atoms with Crippen LogP contribution in [0.15, 0.2) is 53.4 Å². The van der Waals surface area contributed by atoms with Gasteiger partial charge in [0.25, 0.3) is 0 Å². The fourth-order valence-corrected chi connectivity index (χ4v) is 5.93. The molecular formula is C25H26N2O6S. The van der Waals surface area contributed by atoms with Crippen LogP contribution >= 0.6 is 0 Å². The molecule has 0 N–H and O–H groups in total. The van der Waals surface area contributed by atoms with Crippen molar-refractivity contribution in [1.29, 1.82) is 0 Å². The Morgan fingerprint density at radius 2 is 1.65 bits per heavy atom. The number of nitrogens with zero attached hydrogens (tertiary/aromatic N) is 2. The van der Waals surface area contributed by atoms with Gasteiger partial charge in [0.15, 0.2) is 0 Å². The van der Waals surface area contributed by atoms with Crippen molar-refractivity contribution in [3.8, 4) is 0 Å². The number of hydrogen-bond acceptors (Lipinski definition) is 7. The van der Waals surface area contributed by atoms with Gasteiger partial charge >= 0.3 is 11.9 Å². The molecule has 1 aromatic heterocycles. The molecule has 1 aliphatic rings. The maximum absolute atomic E-state index is 13.2.